The summed E-state index contributed by atoms with van der Waals surface area (Å²) >= 11 is 0. The molecule has 0 amide bonds. The first-order valence-corrected chi connectivity index (χ1v) is 6.72. The molecular formula is C15H16N4O2. The number of para-hydroxylation sites is 1. The summed E-state index contributed by atoms with van der Waals surface area (Å²) in [5.41, 5.74) is 2.88. The Morgan fingerprint density at radius 3 is 2.95 bits per heavy atom. The van der Waals surface area contributed by atoms with Gasteiger partial charge in [0.2, 0.25) is 0 Å². The van der Waals surface area contributed by atoms with E-state index in [4.69, 9.17) is 0 Å². The van der Waals surface area contributed by atoms with Crippen molar-refractivity contribution in [3.63, 3.8) is 0 Å². The van der Waals surface area contributed by atoms with E-state index < -0.39 is 12.0 Å². The maximum Gasteiger partial charge on any atom is 0.321 e. The van der Waals surface area contributed by atoms with Gasteiger partial charge in [0.1, 0.15) is 6.04 Å². The number of aromatic nitrogens is 3. The maximum absolute atomic E-state index is 11.4. The smallest absolute Gasteiger partial charge is 0.321 e. The van der Waals surface area contributed by atoms with Crippen LogP contribution >= 0.6 is 0 Å². The first-order valence-electron chi connectivity index (χ1n) is 6.72. The summed E-state index contributed by atoms with van der Waals surface area (Å²) in [4.78, 5) is 21.4. The third-order valence-corrected chi connectivity index (χ3v) is 3.49. The minimum absolute atomic E-state index is 0.424. The quantitative estimate of drug-likeness (QED) is 0.554. The molecule has 0 aliphatic carbocycles. The number of carbonyl (C=O) groups is 1. The SMILES string of the molecule is O=C(O)[C@H](Cc1c[nH]c2ccccc12)NCc1cnc[nH]1. The minimum Gasteiger partial charge on any atom is -0.480 e. The van der Waals surface area contributed by atoms with E-state index in [1.54, 1.807) is 12.5 Å². The van der Waals surface area contributed by atoms with Crippen LogP contribution in [0.3, 0.4) is 0 Å². The summed E-state index contributed by atoms with van der Waals surface area (Å²) in [6.07, 6.45) is 5.55. The highest BCUT2D eigenvalue weighted by atomic mass is 16.4. The Kier molecular flexibility index (Phi) is 3.70. The average molecular weight is 284 g/mol. The van der Waals surface area contributed by atoms with Gasteiger partial charge < -0.3 is 15.1 Å². The molecule has 1 atom stereocenters. The Morgan fingerprint density at radius 2 is 2.19 bits per heavy atom. The summed E-state index contributed by atoms with van der Waals surface area (Å²) in [6, 6.07) is 7.23. The first-order chi connectivity index (χ1) is 10.2. The third-order valence-electron chi connectivity index (χ3n) is 3.49. The van der Waals surface area contributed by atoms with Gasteiger partial charge in [0.25, 0.3) is 0 Å². The zero-order chi connectivity index (χ0) is 14.7. The molecule has 0 spiro atoms. The number of aromatic amines is 2. The normalized spacial score (nSPS) is 12.6. The lowest BCUT2D eigenvalue weighted by Gasteiger charge is -2.13. The van der Waals surface area contributed by atoms with Crippen LogP contribution in [0.5, 0.6) is 0 Å². The van der Waals surface area contributed by atoms with E-state index in [0.29, 0.717) is 13.0 Å². The molecule has 21 heavy (non-hydrogen) atoms. The monoisotopic (exact) mass is 284 g/mol. The molecule has 3 aromatic rings. The van der Waals surface area contributed by atoms with E-state index >= 15 is 0 Å². The van der Waals surface area contributed by atoms with E-state index in [2.05, 4.69) is 20.3 Å². The molecule has 0 radical (unpaired) electrons. The van der Waals surface area contributed by atoms with Crippen molar-refractivity contribution in [2.24, 2.45) is 0 Å². The molecule has 0 saturated heterocycles. The van der Waals surface area contributed by atoms with Gasteiger partial charge in [0.05, 0.1) is 6.33 Å². The van der Waals surface area contributed by atoms with Gasteiger partial charge in [0, 0.05) is 42.0 Å². The van der Waals surface area contributed by atoms with Gasteiger partial charge in [-0.15, -0.1) is 0 Å². The molecular weight excluding hydrogens is 268 g/mol. The van der Waals surface area contributed by atoms with E-state index in [1.165, 1.54) is 0 Å². The highest BCUT2D eigenvalue weighted by Gasteiger charge is 2.19. The molecule has 3 rings (SSSR count). The highest BCUT2D eigenvalue weighted by molar-refractivity contribution is 5.84. The molecule has 1 aromatic carbocycles. The number of aliphatic carboxylic acids is 1. The van der Waals surface area contributed by atoms with Crippen molar-refractivity contribution < 1.29 is 9.90 Å². The van der Waals surface area contributed by atoms with E-state index in [9.17, 15) is 9.90 Å². The number of H-pyrrole nitrogens is 2. The van der Waals surface area contributed by atoms with Crippen LogP contribution in [-0.2, 0) is 17.8 Å². The van der Waals surface area contributed by atoms with Crippen molar-refractivity contribution in [1.82, 2.24) is 20.3 Å². The minimum atomic E-state index is -0.861. The van der Waals surface area contributed by atoms with Crippen LogP contribution in [0.2, 0.25) is 0 Å². The van der Waals surface area contributed by atoms with Gasteiger partial charge in [0.15, 0.2) is 0 Å². The zero-order valence-corrected chi connectivity index (χ0v) is 11.3. The number of hydrogen-bond acceptors (Lipinski definition) is 3. The van der Waals surface area contributed by atoms with Crippen molar-refractivity contribution in [1.29, 1.82) is 0 Å². The van der Waals surface area contributed by atoms with Gasteiger partial charge in [-0.1, -0.05) is 18.2 Å². The predicted molar refractivity (Wildman–Crippen MR) is 78.9 cm³/mol. The lowest BCUT2D eigenvalue weighted by Crippen LogP contribution is -2.38. The maximum atomic E-state index is 11.4. The summed E-state index contributed by atoms with van der Waals surface area (Å²) in [5, 5.41) is 13.5. The van der Waals surface area contributed by atoms with Crippen LogP contribution in [0.4, 0.5) is 0 Å². The number of imidazole rings is 1. The zero-order valence-electron chi connectivity index (χ0n) is 11.3. The Bertz CT molecular complexity index is 733. The number of carboxylic acids is 1. The Morgan fingerprint density at radius 1 is 1.33 bits per heavy atom. The molecule has 0 unspecified atom stereocenters. The molecule has 6 heteroatoms. The van der Waals surface area contributed by atoms with E-state index in [1.807, 2.05) is 30.5 Å². The second-order valence-corrected chi connectivity index (χ2v) is 4.91. The fraction of sp³-hybridized carbons (Fsp3) is 0.200. The van der Waals surface area contributed by atoms with Crippen molar-refractivity contribution in [3.8, 4) is 0 Å². The second kappa shape index (κ2) is 5.80. The van der Waals surface area contributed by atoms with Gasteiger partial charge in [-0.3, -0.25) is 10.1 Å². The Labute approximate surface area is 121 Å². The molecule has 0 bridgehead atoms. The standard InChI is InChI=1S/C15H16N4O2/c20-15(21)14(18-8-11-7-16-9-19-11)5-10-6-17-13-4-2-1-3-12(10)13/h1-4,6-7,9,14,17-18H,5,8H2,(H,16,19)(H,20,21)/t14-/m0/s1. The summed E-state index contributed by atoms with van der Waals surface area (Å²) in [6.45, 7) is 0.444. The fourth-order valence-corrected chi connectivity index (χ4v) is 2.38. The number of hydrogen-bond donors (Lipinski definition) is 4. The summed E-state index contributed by atoms with van der Waals surface area (Å²) < 4.78 is 0. The topological polar surface area (TPSA) is 93.8 Å². The number of rotatable bonds is 6. The molecule has 0 fully saturated rings. The highest BCUT2D eigenvalue weighted by Crippen LogP contribution is 2.19. The molecule has 0 aliphatic rings. The Balaban J connectivity index is 1.74. The molecule has 0 saturated carbocycles. The van der Waals surface area contributed by atoms with Gasteiger partial charge in [-0.25, -0.2) is 4.98 Å². The van der Waals surface area contributed by atoms with Gasteiger partial charge in [-0.2, -0.15) is 0 Å². The summed E-state index contributed by atoms with van der Waals surface area (Å²) in [5.74, 6) is -0.861. The molecule has 108 valence electrons. The van der Waals surface area contributed by atoms with Crippen LogP contribution in [0, 0.1) is 0 Å². The van der Waals surface area contributed by atoms with Crippen molar-refractivity contribution in [2.45, 2.75) is 19.0 Å². The van der Waals surface area contributed by atoms with Crippen LogP contribution in [0.25, 0.3) is 10.9 Å². The van der Waals surface area contributed by atoms with E-state index in [-0.39, 0.29) is 0 Å². The van der Waals surface area contributed by atoms with Crippen molar-refractivity contribution in [2.75, 3.05) is 0 Å². The van der Waals surface area contributed by atoms with Crippen LogP contribution in [-0.4, -0.2) is 32.1 Å². The summed E-state index contributed by atoms with van der Waals surface area (Å²) in [7, 11) is 0. The number of carboxylic acid groups (broad SMARTS) is 1. The first kappa shape index (κ1) is 13.4. The number of benzene rings is 1. The van der Waals surface area contributed by atoms with Crippen molar-refractivity contribution in [3.05, 3.63) is 54.2 Å². The molecule has 2 heterocycles. The lowest BCUT2D eigenvalue weighted by molar-refractivity contribution is -0.139. The third kappa shape index (κ3) is 2.95. The molecule has 0 aliphatic heterocycles. The Hall–Kier alpha value is -2.60. The molecule has 6 nitrogen and oxygen atoms in total. The predicted octanol–water partition coefficient (Wildman–Crippen LogP) is 1.68. The average Bonchev–Trinajstić information content (AvgIpc) is 3.13. The molecule has 4 N–H and O–H groups in total. The molecule has 2 aromatic heterocycles. The number of fused-ring (bicyclic) bond motifs is 1. The fourth-order valence-electron chi connectivity index (χ4n) is 2.38. The van der Waals surface area contributed by atoms with Crippen molar-refractivity contribution >= 4 is 16.9 Å². The van der Waals surface area contributed by atoms with Gasteiger partial charge >= 0.3 is 5.97 Å². The number of nitrogens with zero attached hydrogens (tertiary/aromatic N) is 1. The largest absolute Gasteiger partial charge is 0.480 e. The lowest BCUT2D eigenvalue weighted by atomic mass is 10.0. The number of nitrogens with one attached hydrogen (secondary N) is 3. The van der Waals surface area contributed by atoms with Gasteiger partial charge in [-0.05, 0) is 11.6 Å². The second-order valence-electron chi connectivity index (χ2n) is 4.91. The van der Waals surface area contributed by atoms with Crippen LogP contribution in [0.1, 0.15) is 11.3 Å². The van der Waals surface area contributed by atoms with Crippen LogP contribution in [0.15, 0.2) is 43.0 Å². The van der Waals surface area contributed by atoms with Crippen LogP contribution < -0.4 is 5.32 Å². The van der Waals surface area contributed by atoms with E-state index in [0.717, 1.165) is 22.2 Å².